The van der Waals surface area contributed by atoms with Crippen molar-refractivity contribution >= 4 is 10.9 Å². The lowest BCUT2D eigenvalue weighted by Crippen LogP contribution is -1.99. The van der Waals surface area contributed by atoms with Gasteiger partial charge in [-0.1, -0.05) is 35.4 Å². The van der Waals surface area contributed by atoms with Crippen LogP contribution < -0.4 is 0 Å². The normalized spacial score (nSPS) is 10.7. The molecule has 1 heterocycles. The first-order valence-corrected chi connectivity index (χ1v) is 6.72. The summed E-state index contributed by atoms with van der Waals surface area (Å²) in [7, 11) is 0. The monoisotopic (exact) mass is 260 g/mol. The molecule has 0 amide bonds. The molecule has 0 saturated heterocycles. The van der Waals surface area contributed by atoms with Crippen molar-refractivity contribution in [3.05, 3.63) is 70.9 Å². The summed E-state index contributed by atoms with van der Waals surface area (Å²) in [4.78, 5) is 0. The highest BCUT2D eigenvalue weighted by Crippen LogP contribution is 2.19. The maximum absolute atomic E-state index is 9.03. The van der Waals surface area contributed by atoms with Crippen molar-refractivity contribution in [2.75, 3.05) is 0 Å². The third kappa shape index (κ3) is 2.31. The second-order valence-corrected chi connectivity index (χ2v) is 5.32. The molecule has 3 rings (SSSR count). The van der Waals surface area contributed by atoms with Crippen LogP contribution in [0.5, 0.6) is 0 Å². The van der Waals surface area contributed by atoms with E-state index in [1.54, 1.807) is 0 Å². The minimum atomic E-state index is 0.706. The lowest BCUT2D eigenvalue weighted by Gasteiger charge is -2.08. The molecule has 98 valence electrons. The molecule has 2 nitrogen and oxygen atoms in total. The molecule has 0 spiro atoms. The van der Waals surface area contributed by atoms with Gasteiger partial charge < -0.3 is 4.57 Å². The first-order chi connectivity index (χ1) is 9.65. The molecular weight excluding hydrogens is 244 g/mol. The molecular formula is C18H16N2. The fraction of sp³-hybridized carbons (Fsp3) is 0.167. The van der Waals surface area contributed by atoms with E-state index in [9.17, 15) is 0 Å². The van der Waals surface area contributed by atoms with Crippen LogP contribution in [0.4, 0.5) is 0 Å². The fourth-order valence-electron chi connectivity index (χ4n) is 2.75. The van der Waals surface area contributed by atoms with Gasteiger partial charge in [-0.05, 0) is 43.0 Å². The summed E-state index contributed by atoms with van der Waals surface area (Å²) in [5.41, 5.74) is 5.69. The van der Waals surface area contributed by atoms with Crippen LogP contribution in [0.15, 0.2) is 48.7 Å². The van der Waals surface area contributed by atoms with Crippen LogP contribution in [0, 0.1) is 25.2 Å². The number of rotatable bonds is 2. The largest absolute Gasteiger partial charge is 0.343 e. The first-order valence-electron chi connectivity index (χ1n) is 6.72. The van der Waals surface area contributed by atoms with Crippen LogP contribution in [-0.2, 0) is 6.54 Å². The number of aromatic nitrogens is 1. The second-order valence-electron chi connectivity index (χ2n) is 5.32. The topological polar surface area (TPSA) is 28.7 Å². The molecule has 0 bridgehead atoms. The number of benzene rings is 2. The van der Waals surface area contributed by atoms with E-state index in [2.05, 4.69) is 54.9 Å². The average Bonchev–Trinajstić information content (AvgIpc) is 2.80. The molecule has 0 saturated carbocycles. The van der Waals surface area contributed by atoms with Crippen molar-refractivity contribution < 1.29 is 0 Å². The van der Waals surface area contributed by atoms with E-state index in [1.165, 1.54) is 22.1 Å². The van der Waals surface area contributed by atoms with E-state index in [1.807, 2.05) is 18.2 Å². The summed E-state index contributed by atoms with van der Waals surface area (Å²) in [5, 5.41) is 10.2. The van der Waals surface area contributed by atoms with Crippen LogP contribution in [0.25, 0.3) is 10.9 Å². The predicted molar refractivity (Wildman–Crippen MR) is 81.7 cm³/mol. The maximum atomic E-state index is 9.03. The predicted octanol–water partition coefficient (Wildman–Crippen LogP) is 4.18. The first kappa shape index (κ1) is 12.5. The van der Waals surface area contributed by atoms with Crippen molar-refractivity contribution in [2.24, 2.45) is 0 Å². The van der Waals surface area contributed by atoms with Crippen molar-refractivity contribution in [1.29, 1.82) is 5.26 Å². The lowest BCUT2D eigenvalue weighted by molar-refractivity contribution is 0.834. The molecule has 2 aromatic carbocycles. The van der Waals surface area contributed by atoms with E-state index in [4.69, 9.17) is 5.26 Å². The van der Waals surface area contributed by atoms with E-state index >= 15 is 0 Å². The minimum Gasteiger partial charge on any atom is -0.343 e. The Morgan fingerprint density at radius 2 is 1.75 bits per heavy atom. The molecule has 20 heavy (non-hydrogen) atoms. The Morgan fingerprint density at radius 1 is 1.00 bits per heavy atom. The molecule has 0 atom stereocenters. The molecule has 3 aromatic rings. The molecule has 0 N–H and O–H groups in total. The van der Waals surface area contributed by atoms with Gasteiger partial charge >= 0.3 is 0 Å². The third-order valence-electron chi connectivity index (χ3n) is 3.54. The van der Waals surface area contributed by atoms with Crippen molar-refractivity contribution in [3.8, 4) is 6.07 Å². The molecule has 0 aliphatic rings. The zero-order chi connectivity index (χ0) is 14.1. The highest BCUT2D eigenvalue weighted by atomic mass is 14.9. The summed E-state index contributed by atoms with van der Waals surface area (Å²) in [6.07, 6.45) is 2.09. The van der Waals surface area contributed by atoms with Gasteiger partial charge in [-0.15, -0.1) is 0 Å². The number of nitriles is 1. The van der Waals surface area contributed by atoms with Crippen LogP contribution in [-0.4, -0.2) is 4.57 Å². The van der Waals surface area contributed by atoms with Crippen LogP contribution in [0.3, 0.4) is 0 Å². The Bertz CT molecular complexity index is 799. The van der Waals surface area contributed by atoms with Gasteiger partial charge in [0.05, 0.1) is 11.6 Å². The van der Waals surface area contributed by atoms with Gasteiger partial charge in [-0.3, -0.25) is 0 Å². The Morgan fingerprint density at radius 3 is 2.45 bits per heavy atom. The number of nitrogens with zero attached hydrogens (tertiary/aromatic N) is 2. The third-order valence-corrected chi connectivity index (χ3v) is 3.54. The van der Waals surface area contributed by atoms with Crippen LogP contribution >= 0.6 is 0 Å². The van der Waals surface area contributed by atoms with E-state index in [0.717, 1.165) is 12.1 Å². The van der Waals surface area contributed by atoms with Gasteiger partial charge in [0.2, 0.25) is 0 Å². The van der Waals surface area contributed by atoms with E-state index in [0.29, 0.717) is 5.56 Å². The smallest absolute Gasteiger partial charge is 0.0992 e. The van der Waals surface area contributed by atoms with Gasteiger partial charge in [0.25, 0.3) is 0 Å². The molecule has 0 radical (unpaired) electrons. The van der Waals surface area contributed by atoms with Gasteiger partial charge in [0.1, 0.15) is 0 Å². The molecule has 0 aliphatic heterocycles. The molecule has 0 aliphatic carbocycles. The van der Waals surface area contributed by atoms with Gasteiger partial charge in [-0.2, -0.15) is 5.26 Å². The van der Waals surface area contributed by atoms with Gasteiger partial charge in [-0.25, -0.2) is 0 Å². The molecule has 2 heteroatoms. The van der Waals surface area contributed by atoms with Crippen molar-refractivity contribution in [2.45, 2.75) is 20.4 Å². The molecule has 1 aromatic heterocycles. The zero-order valence-corrected chi connectivity index (χ0v) is 11.7. The van der Waals surface area contributed by atoms with Crippen molar-refractivity contribution in [1.82, 2.24) is 4.57 Å². The van der Waals surface area contributed by atoms with E-state index in [-0.39, 0.29) is 0 Å². The van der Waals surface area contributed by atoms with Crippen LogP contribution in [0.2, 0.25) is 0 Å². The second kappa shape index (κ2) is 4.86. The Hall–Kier alpha value is -2.53. The number of hydrogen-bond acceptors (Lipinski definition) is 1. The average molecular weight is 260 g/mol. The lowest BCUT2D eigenvalue weighted by atomic mass is 10.1. The highest BCUT2D eigenvalue weighted by molar-refractivity contribution is 5.81. The summed E-state index contributed by atoms with van der Waals surface area (Å²) < 4.78 is 2.20. The fourth-order valence-corrected chi connectivity index (χ4v) is 2.75. The summed E-state index contributed by atoms with van der Waals surface area (Å²) >= 11 is 0. The SMILES string of the molecule is Cc1cc(C)cc(Cn2ccc3ccc(C#N)cc32)c1. The maximum Gasteiger partial charge on any atom is 0.0992 e. The highest BCUT2D eigenvalue weighted by Gasteiger charge is 2.04. The number of fused-ring (bicyclic) bond motifs is 1. The Kier molecular flexibility index (Phi) is 3.04. The standard InChI is InChI=1S/C18H16N2/c1-13-7-14(2)9-16(8-13)12-20-6-5-17-4-3-15(11-19)10-18(17)20/h3-10H,12H2,1-2H3. The number of hydrogen-bond donors (Lipinski definition) is 0. The minimum absolute atomic E-state index is 0.706. The van der Waals surface area contributed by atoms with E-state index < -0.39 is 0 Å². The summed E-state index contributed by atoms with van der Waals surface area (Å²) in [6, 6.07) is 16.7. The number of aryl methyl sites for hydroxylation is 2. The van der Waals surface area contributed by atoms with Crippen LogP contribution in [0.1, 0.15) is 22.3 Å². The van der Waals surface area contributed by atoms with Gasteiger partial charge in [0, 0.05) is 18.3 Å². The zero-order valence-electron chi connectivity index (χ0n) is 11.7. The van der Waals surface area contributed by atoms with Crippen molar-refractivity contribution in [3.63, 3.8) is 0 Å². The van der Waals surface area contributed by atoms with Gasteiger partial charge in [0.15, 0.2) is 0 Å². The quantitative estimate of drug-likeness (QED) is 0.679. The Labute approximate surface area is 118 Å². The molecule has 0 fully saturated rings. The molecule has 0 unspecified atom stereocenters. The Balaban J connectivity index is 2.04. The summed E-state index contributed by atoms with van der Waals surface area (Å²) in [6.45, 7) is 5.08. The summed E-state index contributed by atoms with van der Waals surface area (Å²) in [5.74, 6) is 0.